The van der Waals surface area contributed by atoms with E-state index in [2.05, 4.69) is 18.6 Å². The van der Waals surface area contributed by atoms with Crippen LogP contribution in [0.4, 0.5) is 0 Å². The van der Waals surface area contributed by atoms with E-state index in [1.165, 1.54) is 13.5 Å². The molecule has 3 atom stereocenters. The fraction of sp³-hybridized carbons (Fsp3) is 0.909. The Balaban J connectivity index is 2.54. The van der Waals surface area contributed by atoms with Crippen molar-refractivity contribution in [3.05, 3.63) is 0 Å². The van der Waals surface area contributed by atoms with Crippen LogP contribution < -0.4 is 0 Å². The van der Waals surface area contributed by atoms with Gasteiger partial charge in [0.25, 0.3) is 0 Å². The summed E-state index contributed by atoms with van der Waals surface area (Å²) < 4.78 is 4.55. The van der Waals surface area contributed by atoms with E-state index in [0.29, 0.717) is 11.8 Å². The number of carbonyl (C=O) groups is 1. The van der Waals surface area contributed by atoms with E-state index >= 15 is 0 Å². The summed E-state index contributed by atoms with van der Waals surface area (Å²) in [7, 11) is 1.32. The second-order valence-electron chi connectivity index (χ2n) is 4.65. The number of hydrogen-bond donors (Lipinski definition) is 1. The van der Waals surface area contributed by atoms with Gasteiger partial charge in [0.05, 0.1) is 7.11 Å². The van der Waals surface area contributed by atoms with Crippen LogP contribution in [-0.2, 0) is 9.53 Å². The summed E-state index contributed by atoms with van der Waals surface area (Å²) in [6.45, 7) is 4.35. The highest BCUT2D eigenvalue weighted by molar-refractivity contribution is 5.74. The molecule has 3 heteroatoms. The van der Waals surface area contributed by atoms with Crippen LogP contribution in [0.3, 0.4) is 0 Å². The number of methoxy groups -OCH3 is 1. The van der Waals surface area contributed by atoms with Gasteiger partial charge in [-0.25, -0.2) is 4.79 Å². The molecule has 0 radical (unpaired) electrons. The maximum atomic E-state index is 11.2. The minimum Gasteiger partial charge on any atom is -0.467 e. The summed E-state index contributed by atoms with van der Waals surface area (Å²) in [5.41, 5.74) is 0. The molecule has 1 saturated carbocycles. The Labute approximate surface area is 85.5 Å². The predicted molar refractivity (Wildman–Crippen MR) is 53.7 cm³/mol. The molecule has 1 aliphatic carbocycles. The van der Waals surface area contributed by atoms with Gasteiger partial charge < -0.3 is 9.84 Å². The number of ether oxygens (including phenoxy) is 1. The highest BCUT2D eigenvalue weighted by Gasteiger charge is 2.33. The van der Waals surface area contributed by atoms with Crippen molar-refractivity contribution in [1.82, 2.24) is 0 Å². The summed E-state index contributed by atoms with van der Waals surface area (Å²) in [5.74, 6) is 0.795. The summed E-state index contributed by atoms with van der Waals surface area (Å²) in [5, 5.41) is 9.70. The molecule has 0 aliphatic heterocycles. The van der Waals surface area contributed by atoms with Gasteiger partial charge in [-0.1, -0.05) is 13.8 Å². The van der Waals surface area contributed by atoms with Crippen LogP contribution in [0.1, 0.15) is 33.1 Å². The number of esters is 1. The maximum absolute atomic E-state index is 11.2. The fourth-order valence-corrected chi connectivity index (χ4v) is 2.58. The first kappa shape index (κ1) is 11.5. The van der Waals surface area contributed by atoms with Crippen molar-refractivity contribution < 1.29 is 14.6 Å². The Morgan fingerprint density at radius 2 is 1.79 bits per heavy atom. The Hall–Kier alpha value is -0.570. The highest BCUT2D eigenvalue weighted by atomic mass is 16.5. The lowest BCUT2D eigenvalue weighted by Crippen LogP contribution is -2.35. The summed E-state index contributed by atoms with van der Waals surface area (Å²) in [6, 6.07) is 0. The average molecular weight is 200 g/mol. The van der Waals surface area contributed by atoms with Gasteiger partial charge in [0.15, 0.2) is 6.10 Å². The van der Waals surface area contributed by atoms with Gasteiger partial charge in [0.2, 0.25) is 0 Å². The minimum atomic E-state index is -0.926. The molecular formula is C11H20O3. The Morgan fingerprint density at radius 3 is 2.21 bits per heavy atom. The molecule has 0 aromatic rings. The molecule has 0 spiro atoms. The van der Waals surface area contributed by atoms with Gasteiger partial charge in [-0.05, 0) is 37.0 Å². The van der Waals surface area contributed by atoms with E-state index in [0.717, 1.165) is 12.8 Å². The molecule has 1 aliphatic rings. The minimum absolute atomic E-state index is 0.0844. The van der Waals surface area contributed by atoms with Crippen LogP contribution in [0.5, 0.6) is 0 Å². The zero-order valence-electron chi connectivity index (χ0n) is 9.19. The zero-order chi connectivity index (χ0) is 10.7. The van der Waals surface area contributed by atoms with Crippen LogP contribution in [0, 0.1) is 17.8 Å². The number of hydrogen-bond acceptors (Lipinski definition) is 3. The molecule has 0 aromatic carbocycles. The Kier molecular flexibility index (Phi) is 3.93. The first-order chi connectivity index (χ1) is 6.54. The highest BCUT2D eigenvalue weighted by Crippen LogP contribution is 2.34. The quantitative estimate of drug-likeness (QED) is 0.689. The van der Waals surface area contributed by atoms with Crippen molar-refractivity contribution in [2.75, 3.05) is 7.11 Å². The monoisotopic (exact) mass is 200 g/mol. The van der Waals surface area contributed by atoms with E-state index in [9.17, 15) is 9.90 Å². The van der Waals surface area contributed by atoms with Gasteiger partial charge in [-0.3, -0.25) is 0 Å². The van der Waals surface area contributed by atoms with Crippen molar-refractivity contribution in [1.29, 1.82) is 0 Å². The normalized spacial score (nSPS) is 35.0. The van der Waals surface area contributed by atoms with E-state index in [-0.39, 0.29) is 5.92 Å². The van der Waals surface area contributed by atoms with Crippen LogP contribution in [0.25, 0.3) is 0 Å². The van der Waals surface area contributed by atoms with Gasteiger partial charge in [-0.2, -0.15) is 0 Å². The van der Waals surface area contributed by atoms with Crippen molar-refractivity contribution in [3.63, 3.8) is 0 Å². The molecule has 0 amide bonds. The lowest BCUT2D eigenvalue weighted by atomic mass is 9.74. The molecule has 3 unspecified atom stereocenters. The van der Waals surface area contributed by atoms with Crippen molar-refractivity contribution in [3.8, 4) is 0 Å². The van der Waals surface area contributed by atoms with Gasteiger partial charge >= 0.3 is 5.97 Å². The van der Waals surface area contributed by atoms with Gasteiger partial charge in [-0.15, -0.1) is 0 Å². The van der Waals surface area contributed by atoms with Gasteiger partial charge in [0, 0.05) is 0 Å². The van der Waals surface area contributed by atoms with E-state index < -0.39 is 12.1 Å². The van der Waals surface area contributed by atoms with Crippen LogP contribution in [0.2, 0.25) is 0 Å². The van der Waals surface area contributed by atoms with Crippen molar-refractivity contribution >= 4 is 5.97 Å². The number of rotatable bonds is 2. The lowest BCUT2D eigenvalue weighted by Gasteiger charge is -2.33. The third-order valence-corrected chi connectivity index (χ3v) is 3.10. The summed E-state index contributed by atoms with van der Waals surface area (Å²) in [4.78, 5) is 11.2. The number of aliphatic hydroxyl groups excluding tert-OH is 1. The average Bonchev–Trinajstić information content (AvgIpc) is 2.14. The Morgan fingerprint density at radius 1 is 1.29 bits per heavy atom. The molecule has 0 saturated heterocycles. The molecule has 14 heavy (non-hydrogen) atoms. The first-order valence-corrected chi connectivity index (χ1v) is 5.30. The summed E-state index contributed by atoms with van der Waals surface area (Å²) >= 11 is 0. The third kappa shape index (κ3) is 2.71. The standard InChI is InChI=1S/C11H20O3/c1-7-4-8(2)6-9(5-7)10(12)11(13)14-3/h7-10,12H,4-6H2,1-3H3. The maximum Gasteiger partial charge on any atom is 0.334 e. The number of aliphatic hydroxyl groups is 1. The van der Waals surface area contributed by atoms with Crippen LogP contribution >= 0.6 is 0 Å². The second kappa shape index (κ2) is 4.78. The van der Waals surface area contributed by atoms with E-state index in [1.807, 2.05) is 0 Å². The molecule has 0 bridgehead atoms. The molecule has 82 valence electrons. The second-order valence-corrected chi connectivity index (χ2v) is 4.65. The molecule has 1 N–H and O–H groups in total. The first-order valence-electron chi connectivity index (χ1n) is 5.30. The van der Waals surface area contributed by atoms with Crippen molar-refractivity contribution in [2.45, 2.75) is 39.2 Å². The molecule has 1 rings (SSSR count). The van der Waals surface area contributed by atoms with E-state index in [1.54, 1.807) is 0 Å². The summed E-state index contributed by atoms with van der Waals surface area (Å²) in [6.07, 6.45) is 2.14. The number of carbonyl (C=O) groups excluding carboxylic acids is 1. The molecule has 3 nitrogen and oxygen atoms in total. The zero-order valence-corrected chi connectivity index (χ0v) is 9.19. The van der Waals surface area contributed by atoms with Crippen LogP contribution in [-0.4, -0.2) is 24.3 Å². The lowest BCUT2D eigenvalue weighted by molar-refractivity contribution is -0.154. The Bertz CT molecular complexity index is 193. The molecule has 0 heterocycles. The largest absolute Gasteiger partial charge is 0.467 e. The molecule has 1 fully saturated rings. The van der Waals surface area contributed by atoms with Gasteiger partial charge in [0.1, 0.15) is 0 Å². The predicted octanol–water partition coefficient (Wildman–Crippen LogP) is 1.59. The van der Waals surface area contributed by atoms with E-state index in [4.69, 9.17) is 0 Å². The smallest absolute Gasteiger partial charge is 0.334 e. The topological polar surface area (TPSA) is 46.5 Å². The molecule has 0 aromatic heterocycles. The SMILES string of the molecule is COC(=O)C(O)C1CC(C)CC(C)C1. The van der Waals surface area contributed by atoms with Crippen LogP contribution in [0.15, 0.2) is 0 Å². The fourth-order valence-electron chi connectivity index (χ4n) is 2.58. The molecular weight excluding hydrogens is 180 g/mol. The van der Waals surface area contributed by atoms with Crippen molar-refractivity contribution in [2.24, 2.45) is 17.8 Å². The third-order valence-electron chi connectivity index (χ3n) is 3.10.